The zero-order valence-electron chi connectivity index (χ0n) is 10.2. The molecule has 0 saturated carbocycles. The third-order valence-corrected chi connectivity index (χ3v) is 5.10. The Bertz CT molecular complexity index is 511. The van der Waals surface area contributed by atoms with Gasteiger partial charge in [0.1, 0.15) is 0 Å². The first-order valence-electron chi connectivity index (χ1n) is 5.89. The van der Waals surface area contributed by atoms with Crippen LogP contribution >= 0.6 is 0 Å². The molecule has 1 N–H and O–H groups in total. The largest absolute Gasteiger partial charge is 0.385 e. The summed E-state index contributed by atoms with van der Waals surface area (Å²) in [5.41, 5.74) is 2.16. The highest BCUT2D eigenvalue weighted by molar-refractivity contribution is 7.89. The van der Waals surface area contributed by atoms with Crippen molar-refractivity contribution in [1.29, 1.82) is 0 Å². The van der Waals surface area contributed by atoms with E-state index in [-0.39, 0.29) is 0 Å². The molecule has 0 aliphatic carbocycles. The van der Waals surface area contributed by atoms with Crippen LogP contribution in [0.4, 0.5) is 5.69 Å². The van der Waals surface area contributed by atoms with Crippen LogP contribution in [-0.4, -0.2) is 32.9 Å². The molecule has 0 atom stereocenters. The Morgan fingerprint density at radius 3 is 2.88 bits per heavy atom. The van der Waals surface area contributed by atoms with Crippen LogP contribution in [0.3, 0.4) is 0 Å². The number of benzene rings is 1. The molecule has 0 bridgehead atoms. The lowest BCUT2D eigenvalue weighted by atomic mass is 10.0. The van der Waals surface area contributed by atoms with E-state index in [4.69, 9.17) is 0 Å². The van der Waals surface area contributed by atoms with Gasteiger partial charge in [0.25, 0.3) is 0 Å². The average Bonchev–Trinajstić information content (AvgIpc) is 2.37. The minimum absolute atomic E-state index is 0.370. The molecular weight excluding hydrogens is 236 g/mol. The van der Waals surface area contributed by atoms with Gasteiger partial charge in [0.05, 0.1) is 4.90 Å². The van der Waals surface area contributed by atoms with E-state index in [2.05, 4.69) is 5.32 Å². The van der Waals surface area contributed by atoms with Crippen LogP contribution < -0.4 is 5.32 Å². The van der Waals surface area contributed by atoms with Gasteiger partial charge < -0.3 is 5.32 Å². The summed E-state index contributed by atoms with van der Waals surface area (Å²) in [5, 5.41) is 3.25. The van der Waals surface area contributed by atoms with Crippen LogP contribution in [0, 0.1) is 0 Å². The molecule has 4 nitrogen and oxygen atoms in total. The van der Waals surface area contributed by atoms with E-state index < -0.39 is 10.0 Å². The predicted molar refractivity (Wildman–Crippen MR) is 68.7 cm³/mol. The molecule has 1 aliphatic rings. The maximum Gasteiger partial charge on any atom is 0.242 e. The first-order chi connectivity index (χ1) is 8.05. The van der Waals surface area contributed by atoms with Crippen molar-refractivity contribution in [2.24, 2.45) is 0 Å². The first kappa shape index (κ1) is 12.4. The Morgan fingerprint density at radius 1 is 1.41 bits per heavy atom. The molecule has 0 radical (unpaired) electrons. The standard InChI is InChI=1S/C12H18N2O2S/c1-3-14(2)17(15,16)11-7-6-10-5-4-8-13-12(10)9-11/h6-7,9,13H,3-5,8H2,1-2H3. The minimum atomic E-state index is -3.33. The third-order valence-electron chi connectivity index (χ3n) is 3.17. The SMILES string of the molecule is CCN(C)S(=O)(=O)c1ccc2c(c1)NCCC2. The van der Waals surface area contributed by atoms with E-state index in [1.165, 1.54) is 9.87 Å². The Labute approximate surface area is 103 Å². The Morgan fingerprint density at radius 2 is 2.18 bits per heavy atom. The van der Waals surface area contributed by atoms with Crippen molar-refractivity contribution in [1.82, 2.24) is 4.31 Å². The fourth-order valence-corrected chi connectivity index (χ4v) is 3.16. The van der Waals surface area contributed by atoms with Gasteiger partial charge in [-0.1, -0.05) is 13.0 Å². The molecule has 0 aromatic heterocycles. The zero-order chi connectivity index (χ0) is 12.5. The summed E-state index contributed by atoms with van der Waals surface area (Å²) in [6.07, 6.45) is 2.13. The molecule has 0 amide bonds. The average molecular weight is 254 g/mol. The van der Waals surface area contributed by atoms with Gasteiger partial charge in [0.15, 0.2) is 0 Å². The van der Waals surface area contributed by atoms with Gasteiger partial charge in [0.2, 0.25) is 10.0 Å². The lowest BCUT2D eigenvalue weighted by Gasteiger charge is -2.20. The fraction of sp³-hybridized carbons (Fsp3) is 0.500. The summed E-state index contributed by atoms with van der Waals surface area (Å²) in [5.74, 6) is 0. The van der Waals surface area contributed by atoms with Crippen molar-refractivity contribution in [3.05, 3.63) is 23.8 Å². The molecule has 1 aromatic rings. The molecule has 0 spiro atoms. The van der Waals surface area contributed by atoms with E-state index in [0.717, 1.165) is 25.1 Å². The fourth-order valence-electron chi connectivity index (χ4n) is 1.95. The van der Waals surface area contributed by atoms with Crippen molar-refractivity contribution in [3.63, 3.8) is 0 Å². The number of fused-ring (bicyclic) bond motifs is 1. The molecule has 94 valence electrons. The lowest BCUT2D eigenvalue weighted by Crippen LogP contribution is -2.26. The highest BCUT2D eigenvalue weighted by Crippen LogP contribution is 2.26. The molecular formula is C12H18N2O2S. The monoisotopic (exact) mass is 254 g/mol. The predicted octanol–water partition coefficient (Wildman–Crippen LogP) is 1.69. The van der Waals surface area contributed by atoms with E-state index in [9.17, 15) is 8.42 Å². The third kappa shape index (κ3) is 2.30. The number of nitrogens with zero attached hydrogens (tertiary/aromatic N) is 1. The van der Waals surface area contributed by atoms with Crippen LogP contribution in [0.25, 0.3) is 0 Å². The van der Waals surface area contributed by atoms with Crippen molar-refractivity contribution in [2.75, 3.05) is 25.5 Å². The van der Waals surface area contributed by atoms with E-state index in [1.807, 2.05) is 13.0 Å². The quantitative estimate of drug-likeness (QED) is 0.893. The van der Waals surface area contributed by atoms with Crippen molar-refractivity contribution >= 4 is 15.7 Å². The number of hydrogen-bond acceptors (Lipinski definition) is 3. The molecule has 1 heterocycles. The number of rotatable bonds is 3. The van der Waals surface area contributed by atoms with Gasteiger partial charge >= 0.3 is 0 Å². The summed E-state index contributed by atoms with van der Waals surface area (Å²) in [6, 6.07) is 5.36. The van der Waals surface area contributed by atoms with Crippen LogP contribution in [-0.2, 0) is 16.4 Å². The Kier molecular flexibility index (Phi) is 3.40. The second-order valence-corrected chi connectivity index (χ2v) is 6.31. The molecule has 1 aliphatic heterocycles. The molecule has 17 heavy (non-hydrogen) atoms. The summed E-state index contributed by atoms with van der Waals surface area (Å²) in [4.78, 5) is 0.370. The molecule has 2 rings (SSSR count). The molecule has 1 aromatic carbocycles. The summed E-state index contributed by atoms with van der Waals surface area (Å²) in [6.45, 7) is 3.22. The maximum atomic E-state index is 12.1. The molecule has 0 unspecified atom stereocenters. The smallest absolute Gasteiger partial charge is 0.242 e. The van der Waals surface area contributed by atoms with Gasteiger partial charge in [-0.2, -0.15) is 0 Å². The summed E-state index contributed by atoms with van der Waals surface area (Å²) in [7, 11) is -1.73. The lowest BCUT2D eigenvalue weighted by molar-refractivity contribution is 0.486. The highest BCUT2D eigenvalue weighted by Gasteiger charge is 2.21. The number of sulfonamides is 1. The first-order valence-corrected chi connectivity index (χ1v) is 7.33. The van der Waals surface area contributed by atoms with E-state index in [1.54, 1.807) is 19.2 Å². The normalized spacial score (nSPS) is 15.5. The van der Waals surface area contributed by atoms with Crippen LogP contribution in [0.1, 0.15) is 18.9 Å². The van der Waals surface area contributed by atoms with Crippen molar-refractivity contribution in [2.45, 2.75) is 24.7 Å². The Hall–Kier alpha value is -1.07. The van der Waals surface area contributed by atoms with E-state index in [0.29, 0.717) is 11.4 Å². The second-order valence-electron chi connectivity index (χ2n) is 4.27. The van der Waals surface area contributed by atoms with Gasteiger partial charge in [0, 0.05) is 25.8 Å². The zero-order valence-corrected chi connectivity index (χ0v) is 11.0. The van der Waals surface area contributed by atoms with Gasteiger partial charge in [-0.3, -0.25) is 0 Å². The van der Waals surface area contributed by atoms with Crippen LogP contribution in [0.2, 0.25) is 0 Å². The van der Waals surface area contributed by atoms with Gasteiger partial charge in [-0.05, 0) is 30.5 Å². The minimum Gasteiger partial charge on any atom is -0.385 e. The molecule has 0 saturated heterocycles. The van der Waals surface area contributed by atoms with Crippen molar-refractivity contribution < 1.29 is 8.42 Å². The van der Waals surface area contributed by atoms with Crippen LogP contribution in [0.5, 0.6) is 0 Å². The topological polar surface area (TPSA) is 49.4 Å². The Balaban J connectivity index is 2.41. The highest BCUT2D eigenvalue weighted by atomic mass is 32.2. The summed E-state index contributed by atoms with van der Waals surface area (Å²) < 4.78 is 25.7. The number of anilines is 1. The summed E-state index contributed by atoms with van der Waals surface area (Å²) >= 11 is 0. The second kappa shape index (κ2) is 4.66. The van der Waals surface area contributed by atoms with Gasteiger partial charge in [-0.25, -0.2) is 12.7 Å². The molecule has 0 fully saturated rings. The number of nitrogens with one attached hydrogen (secondary N) is 1. The van der Waals surface area contributed by atoms with Gasteiger partial charge in [-0.15, -0.1) is 0 Å². The van der Waals surface area contributed by atoms with Crippen molar-refractivity contribution in [3.8, 4) is 0 Å². The number of aryl methyl sites for hydroxylation is 1. The maximum absolute atomic E-state index is 12.1. The number of hydrogen-bond donors (Lipinski definition) is 1. The van der Waals surface area contributed by atoms with Crippen LogP contribution in [0.15, 0.2) is 23.1 Å². The molecule has 5 heteroatoms. The van der Waals surface area contributed by atoms with E-state index >= 15 is 0 Å².